The molecule has 0 spiro atoms. The quantitative estimate of drug-likeness (QED) is 0.00880. The van der Waals surface area contributed by atoms with Gasteiger partial charge >= 0.3 is 15.6 Å². The van der Waals surface area contributed by atoms with Crippen LogP contribution in [-0.2, 0) is 27.3 Å². The predicted octanol–water partition coefficient (Wildman–Crippen LogP) is 13.3. The van der Waals surface area contributed by atoms with Gasteiger partial charge in [0.1, 0.15) is 73.6 Å². The van der Waals surface area contributed by atoms with E-state index in [1.165, 1.54) is 156 Å². The van der Waals surface area contributed by atoms with Gasteiger partial charge in [0.05, 0.1) is 155 Å². The van der Waals surface area contributed by atoms with Crippen LogP contribution in [0.1, 0.15) is 132 Å². The van der Waals surface area contributed by atoms with Crippen LogP contribution >= 0.6 is 87.2 Å². The number of nitrogens with zero attached hydrogens (tertiary/aromatic N) is 8. The number of aromatic nitrogens is 3. The number of nitrogens with one attached hydrogen (secondary N) is 3. The lowest BCUT2D eigenvalue weighted by Crippen LogP contribution is -2.85. The smallest absolute Gasteiger partial charge is 0.530 e. The number of nitriles is 6. The van der Waals surface area contributed by atoms with Crippen molar-refractivity contribution < 1.29 is 125 Å². The van der Waals surface area contributed by atoms with Gasteiger partial charge in [-0.25, -0.2) is 17.7 Å². The summed E-state index contributed by atoms with van der Waals surface area (Å²) in [5.41, 5.74) is 18.5. The minimum Gasteiger partial charge on any atom is -0.780 e. The Morgan fingerprint density at radius 3 is 1.24 bits per heavy atom. The molecule has 3 unspecified atom stereocenters. The number of aromatic amines is 3. The minimum absolute atomic E-state index is 0.00192. The Morgan fingerprint density at radius 1 is 0.500 bits per heavy atom. The number of hydrogen-bond donors (Lipinski definition) is 11. The molecule has 8 heterocycles. The number of phosphoric acid groups is 3. The maximum Gasteiger partial charge on any atom is 0.530 e. The third-order valence-electron chi connectivity index (χ3n) is 19.7. The highest BCUT2D eigenvalue weighted by molar-refractivity contribution is 9.11. The van der Waals surface area contributed by atoms with E-state index in [0.29, 0.717) is 72.1 Å². The second kappa shape index (κ2) is 60.3. The molecule has 10 aromatic rings. The van der Waals surface area contributed by atoms with Crippen molar-refractivity contribution in [3.8, 4) is 99.7 Å². The van der Waals surface area contributed by atoms with Gasteiger partial charge in [0.15, 0.2) is 46.0 Å². The lowest BCUT2D eigenvalue weighted by molar-refractivity contribution is -0.662. The molecule has 46 heteroatoms. The second-order valence-electron chi connectivity index (χ2n) is 29.0. The molecule has 0 radical (unpaired) electrons. The molecule has 5 aliphatic rings. The molecule has 3 fully saturated rings. The molecule has 3 saturated heterocycles. The molecule has 3 aromatic heterocycles. The first kappa shape index (κ1) is 114. The Bertz CT molecular complexity index is 6230. The van der Waals surface area contributed by atoms with Crippen molar-refractivity contribution in [2.24, 2.45) is 11.5 Å². The molecule has 5 aliphatic heterocycles. The molecule has 39 nitrogen and oxygen atoms in total. The average molecular weight is 2210 g/mol. The van der Waals surface area contributed by atoms with Crippen molar-refractivity contribution in [1.82, 2.24) is 15.0 Å². The number of hydrogen-bond acceptors (Lipinski definition) is 31. The molecular weight excluding hydrogens is 2110 g/mol. The number of rotatable bonds is 24. The van der Waals surface area contributed by atoms with E-state index in [0.717, 1.165) is 32.7 Å². The number of benzene rings is 7. The maximum absolute atomic E-state index is 12.7. The lowest BCUT2D eigenvalue weighted by atomic mass is 9.83. The van der Waals surface area contributed by atoms with Gasteiger partial charge in [-0.1, -0.05) is 18.2 Å². The Hall–Kier alpha value is -12.5. The van der Waals surface area contributed by atoms with Gasteiger partial charge in [0.2, 0.25) is 18.3 Å². The van der Waals surface area contributed by atoms with Crippen LogP contribution in [0, 0.1) is 81.1 Å². The molecule has 15 rings (SSSR count). The number of piperidine rings is 3. The topological polar surface area (TPSA) is 627 Å². The van der Waals surface area contributed by atoms with E-state index < -0.39 is 35.3 Å². The molecule has 138 heavy (non-hydrogen) atoms. The number of aliphatic hydroxyl groups is 1. The zero-order chi connectivity index (χ0) is 101. The van der Waals surface area contributed by atoms with Crippen molar-refractivity contribution in [1.29, 1.82) is 31.6 Å². The molecule has 0 amide bonds. The number of allylic oxidation sites excluding steroid dienone is 2. The first-order valence-corrected chi connectivity index (χ1v) is 49.8. The number of halogens is 4. The number of nitrogens with two attached hydrogens (primary N) is 5. The fourth-order valence-electron chi connectivity index (χ4n) is 13.4. The standard InChI is InChI=1S/C22H18BrN4O6P.C19H15BrN3O6P.C14H14BrN2O6P.C8H7BrO3.C8H7NO.3C5H11N.C3H2N2.C3H5NO/c1-30-18-10-12(9-16(23)21(18)33-34(28,29)31-8-2-6-24)19-14-3-4-17-13(5-7-27-17)20(14)32-22(26)15(19)11-25;1-27-15-7-9(6-13(20)18(15)29-30(24,25)26)16-11-2-3-14-10(4-5-23-14)17(11)28-19(22)12(16)8-21;1-20-13-9-11(10-18)8-12(15)14(13)23-24(19,21-6-2-4-16)22-7-3-5-17;1-12-7-3-5(4-10)2-6(9)8(7)11;10-8-3-1-2-7-6(8)4-5-9-7;3*1-2-4-6-5-3-1;1-5-3-2-4;1-4-2-3-5/h3-5,7,9-10,19,27H,2,8,26H2,1H3,(H,28,29);2-7,16,23H,22H2,1H3,(H2,24,25,26);8-10H,2-3,6-7H2,1H3;2-4,11H,1H3;1-5,9-10H;3*6H,1-5H2;3H2;5H,2-3H2. The molecule has 16 N–H and O–H groups in total. The summed E-state index contributed by atoms with van der Waals surface area (Å²) in [6.45, 7) is 19.9. The van der Waals surface area contributed by atoms with E-state index in [1.54, 1.807) is 48.8 Å². The van der Waals surface area contributed by atoms with Crippen LogP contribution in [0.25, 0.3) is 42.4 Å². The number of quaternary nitrogens is 3. The fraction of sp³-hybridized carbons (Fsp3) is 0.326. The third kappa shape index (κ3) is 35.5. The highest BCUT2D eigenvalue weighted by atomic mass is 79.9. The Kier molecular flexibility index (Phi) is 49.9. The monoisotopic (exact) mass is 2210 g/mol. The third-order valence-corrected chi connectivity index (χ3v) is 24.8. The SMILES string of the molecule is C1CC[NH2+]CC1.C1CC[NH2+]CC1.C1CC[NH2+]CC1.COc1cc(C2C(C#N)=C(N)Oc3c2ccc2[nH]ccc32)cc(Br)c1OP(=O)([O-])OCCC#N.COc1cc(C2C(C#N)=C(N)Oc3c2ccc2[nH]ccc32)cc(Br)c1OP(=O)([O-])[O-].COc1cc(C=O)cc(Br)c1O.COc1cc(C=O)cc(Br)c1OP(=O)(OCCC#N)OCCC#N.Oc1cccc2[nH]ccc12.[C-]#[N+]CC#N.[C-]#[N+]CCO. The fourth-order valence-corrected chi connectivity index (χ4v) is 18.3. The van der Waals surface area contributed by atoms with Crippen LogP contribution in [-0.4, -0.2) is 150 Å². The summed E-state index contributed by atoms with van der Waals surface area (Å²) in [6, 6.07) is 41.7. The number of aromatic hydroxyl groups is 2. The number of phenolic OH excluding ortho intramolecular Hbond substituents is 2. The van der Waals surface area contributed by atoms with Gasteiger partial charge in [0, 0.05) is 73.6 Å². The predicted molar refractivity (Wildman–Crippen MR) is 516 cm³/mol. The zero-order valence-electron chi connectivity index (χ0n) is 75.2. The highest BCUT2D eigenvalue weighted by Crippen LogP contribution is 2.56. The molecule has 0 bridgehead atoms. The zero-order valence-corrected chi connectivity index (χ0v) is 84.3. The Morgan fingerprint density at radius 2 is 0.891 bits per heavy atom. The van der Waals surface area contributed by atoms with Crippen molar-refractivity contribution >= 4 is 132 Å². The van der Waals surface area contributed by atoms with Crippen molar-refractivity contribution in [3.05, 3.63) is 225 Å². The molecule has 730 valence electrons. The Labute approximate surface area is 830 Å². The second-order valence-corrected chi connectivity index (χ2v) is 36.4. The van der Waals surface area contributed by atoms with Crippen LogP contribution < -0.4 is 84.1 Å². The summed E-state index contributed by atoms with van der Waals surface area (Å²) >= 11 is 12.8. The van der Waals surface area contributed by atoms with E-state index in [2.05, 4.69) is 121 Å². The Balaban J connectivity index is 0.000000255. The van der Waals surface area contributed by atoms with E-state index in [1.807, 2.05) is 72.9 Å². The number of methoxy groups -OCH3 is 4. The van der Waals surface area contributed by atoms with Crippen LogP contribution in [0.2, 0.25) is 0 Å². The number of aldehydes is 2. The van der Waals surface area contributed by atoms with Crippen molar-refractivity contribution in [2.75, 3.05) is 107 Å². The van der Waals surface area contributed by atoms with Gasteiger partial charge < -0.3 is 133 Å². The van der Waals surface area contributed by atoms with Gasteiger partial charge in [-0.05, 0) is 224 Å². The highest BCUT2D eigenvalue weighted by Gasteiger charge is 2.37. The number of aliphatic hydroxyl groups excluding tert-OH is 1. The summed E-state index contributed by atoms with van der Waals surface area (Å²) in [7, 11) is -8.76. The lowest BCUT2D eigenvalue weighted by Gasteiger charge is -2.31. The van der Waals surface area contributed by atoms with Gasteiger partial charge in [-0.2, -0.15) is 31.6 Å². The summed E-state index contributed by atoms with van der Waals surface area (Å²) in [5, 5.41) is 88.9. The summed E-state index contributed by atoms with van der Waals surface area (Å²) in [5.74, 6) is 0.161. The first-order chi connectivity index (χ1) is 66.4. The average Bonchev–Trinajstić information content (AvgIpc) is 1.31. The minimum atomic E-state index is -5.32. The van der Waals surface area contributed by atoms with E-state index in [9.17, 15) is 58.7 Å². The van der Waals surface area contributed by atoms with Crippen LogP contribution in [0.5, 0.6) is 63.2 Å². The maximum atomic E-state index is 12.7. The molecule has 3 atom stereocenters. The molecule has 7 aromatic carbocycles. The number of phenols is 2. The van der Waals surface area contributed by atoms with E-state index in [-0.39, 0.29) is 137 Å². The van der Waals surface area contributed by atoms with Gasteiger partial charge in [-0.15, -0.1) is 0 Å². The number of fused-ring (bicyclic) bond motifs is 7. The number of phosphoric ester groups is 3. The molecular formula is C92H101Br4N16O23P3. The van der Waals surface area contributed by atoms with Crippen molar-refractivity contribution in [2.45, 2.75) is 88.9 Å². The summed E-state index contributed by atoms with van der Waals surface area (Å²) < 4.78 is 99.1. The van der Waals surface area contributed by atoms with E-state index >= 15 is 0 Å². The van der Waals surface area contributed by atoms with E-state index in [4.69, 9.17) is 102 Å². The van der Waals surface area contributed by atoms with Crippen LogP contribution in [0.3, 0.4) is 0 Å². The largest absolute Gasteiger partial charge is 0.780 e. The molecule has 0 aliphatic carbocycles. The number of carbonyl (C=O) groups excluding carboxylic acids is 2. The van der Waals surface area contributed by atoms with Gasteiger partial charge in [0.25, 0.3) is 6.54 Å². The normalized spacial score (nSPS) is 14.5. The summed E-state index contributed by atoms with van der Waals surface area (Å²) in [4.78, 5) is 70.5. The number of carbonyl (C=O) groups is 2. The van der Waals surface area contributed by atoms with Gasteiger partial charge in [-0.3, -0.25) is 23.2 Å². The van der Waals surface area contributed by atoms with Crippen LogP contribution in [0.4, 0.5) is 0 Å². The van der Waals surface area contributed by atoms with Crippen molar-refractivity contribution in [3.63, 3.8) is 0 Å². The number of H-pyrrole nitrogens is 3. The van der Waals surface area contributed by atoms with Crippen LogP contribution in [0.15, 0.2) is 169 Å². The number of ether oxygens (including phenoxy) is 6. The summed E-state index contributed by atoms with van der Waals surface area (Å²) in [6.07, 6.45) is 19.6. The molecule has 0 saturated carbocycles. The first-order valence-electron chi connectivity index (χ1n) is 42.3.